The van der Waals surface area contributed by atoms with E-state index in [1.807, 2.05) is 0 Å². The van der Waals surface area contributed by atoms with Crippen molar-refractivity contribution in [2.24, 2.45) is 0 Å². The number of nitrogens with one attached hydrogen (secondary N) is 1. The number of benzene rings is 1. The van der Waals surface area contributed by atoms with Crippen LogP contribution in [-0.4, -0.2) is 51.8 Å². The largest absolute Gasteiger partial charge is 0.378 e. The van der Waals surface area contributed by atoms with Crippen LogP contribution in [-0.2, 0) is 4.74 Å². The number of pyridine rings is 1. The Labute approximate surface area is 177 Å². The maximum atomic E-state index is 13.7. The molecular formula is C22H19FN6O2. The third kappa shape index (κ3) is 3.95. The monoisotopic (exact) mass is 418 g/mol. The Balaban J connectivity index is 1.60. The lowest BCUT2D eigenvalue weighted by Gasteiger charge is -2.27. The summed E-state index contributed by atoms with van der Waals surface area (Å²) in [5.74, 6) is 0.374. The third-order valence-corrected chi connectivity index (χ3v) is 5.02. The summed E-state index contributed by atoms with van der Waals surface area (Å²) in [6.45, 7) is 2.53. The number of halogens is 1. The zero-order valence-corrected chi connectivity index (χ0v) is 16.5. The Morgan fingerprint density at radius 2 is 1.97 bits per heavy atom. The van der Waals surface area contributed by atoms with Crippen LogP contribution in [0.4, 0.5) is 16.0 Å². The first kappa shape index (κ1) is 19.1. The first-order valence-corrected chi connectivity index (χ1v) is 9.89. The molecule has 4 heterocycles. The number of hydrogen-bond donors (Lipinski definition) is 1. The maximum Gasteiger partial charge on any atom is 0.260 e. The lowest BCUT2D eigenvalue weighted by molar-refractivity contribution is 0.102. The molecule has 1 aromatic carbocycles. The minimum Gasteiger partial charge on any atom is -0.378 e. The highest BCUT2D eigenvalue weighted by Crippen LogP contribution is 2.24. The minimum atomic E-state index is -0.357. The molecule has 9 heteroatoms. The van der Waals surface area contributed by atoms with Gasteiger partial charge in [0.25, 0.3) is 5.91 Å². The molecule has 5 rings (SSSR count). The number of carbonyl (C=O) groups excluding carboxylic acids is 1. The molecule has 8 nitrogen and oxygen atoms in total. The fourth-order valence-corrected chi connectivity index (χ4v) is 3.49. The molecular weight excluding hydrogens is 399 g/mol. The van der Waals surface area contributed by atoms with Gasteiger partial charge < -0.3 is 15.0 Å². The highest BCUT2D eigenvalue weighted by molar-refractivity contribution is 6.08. The third-order valence-electron chi connectivity index (χ3n) is 5.02. The number of anilines is 2. The number of rotatable bonds is 4. The van der Waals surface area contributed by atoms with E-state index in [2.05, 4.69) is 25.3 Å². The van der Waals surface area contributed by atoms with Crippen LogP contribution >= 0.6 is 0 Å². The number of fused-ring (bicyclic) bond motifs is 1. The van der Waals surface area contributed by atoms with E-state index < -0.39 is 0 Å². The molecule has 0 saturated carbocycles. The second kappa shape index (κ2) is 8.11. The first-order valence-electron chi connectivity index (χ1n) is 9.89. The average Bonchev–Trinajstić information content (AvgIpc) is 3.24. The lowest BCUT2D eigenvalue weighted by Crippen LogP contribution is -2.37. The van der Waals surface area contributed by atoms with Gasteiger partial charge in [-0.1, -0.05) is 18.2 Å². The van der Waals surface area contributed by atoms with Crippen molar-refractivity contribution in [3.63, 3.8) is 0 Å². The predicted molar refractivity (Wildman–Crippen MR) is 114 cm³/mol. The molecule has 0 spiro atoms. The Kier molecular flexibility index (Phi) is 5.01. The van der Waals surface area contributed by atoms with Gasteiger partial charge in [0.1, 0.15) is 11.6 Å². The van der Waals surface area contributed by atoms with Crippen LogP contribution in [0.25, 0.3) is 16.9 Å². The van der Waals surface area contributed by atoms with E-state index in [-0.39, 0.29) is 11.7 Å². The molecule has 4 aromatic rings. The van der Waals surface area contributed by atoms with E-state index in [1.165, 1.54) is 12.1 Å². The van der Waals surface area contributed by atoms with Crippen molar-refractivity contribution in [3.8, 4) is 11.3 Å². The van der Waals surface area contributed by atoms with Crippen molar-refractivity contribution < 1.29 is 13.9 Å². The predicted octanol–water partition coefficient (Wildman–Crippen LogP) is 3.02. The van der Waals surface area contributed by atoms with Crippen LogP contribution in [0.2, 0.25) is 0 Å². The normalized spacial score (nSPS) is 14.0. The molecule has 0 atom stereocenters. The van der Waals surface area contributed by atoms with Crippen LogP contribution in [0.1, 0.15) is 10.4 Å². The number of morpholine rings is 1. The van der Waals surface area contributed by atoms with E-state index in [0.717, 1.165) is 0 Å². The molecule has 1 amide bonds. The van der Waals surface area contributed by atoms with Gasteiger partial charge >= 0.3 is 0 Å². The number of aromatic nitrogens is 4. The van der Waals surface area contributed by atoms with Gasteiger partial charge in [-0.15, -0.1) is 5.10 Å². The van der Waals surface area contributed by atoms with Crippen molar-refractivity contribution >= 4 is 23.2 Å². The number of imidazole rings is 1. The summed E-state index contributed by atoms with van der Waals surface area (Å²) in [7, 11) is 0. The Morgan fingerprint density at radius 1 is 1.10 bits per heavy atom. The number of ether oxygens (including phenoxy) is 1. The zero-order valence-electron chi connectivity index (χ0n) is 16.5. The van der Waals surface area contributed by atoms with Gasteiger partial charge in [-0.05, 0) is 30.3 Å². The summed E-state index contributed by atoms with van der Waals surface area (Å²) in [4.78, 5) is 23.9. The van der Waals surface area contributed by atoms with Crippen molar-refractivity contribution in [2.45, 2.75) is 0 Å². The fraction of sp³-hybridized carbons (Fsp3) is 0.182. The highest BCUT2D eigenvalue weighted by Gasteiger charge is 2.21. The van der Waals surface area contributed by atoms with E-state index in [1.54, 1.807) is 53.3 Å². The SMILES string of the molecule is O=C(Nc1ccccn1)c1cc(N2CCOCC2)nn2cc(-c3cccc(F)c3)nc12. The number of carbonyl (C=O) groups is 1. The molecule has 1 saturated heterocycles. The molecule has 1 aliphatic heterocycles. The summed E-state index contributed by atoms with van der Waals surface area (Å²) in [5.41, 5.74) is 1.86. The molecule has 0 radical (unpaired) electrons. The van der Waals surface area contributed by atoms with Gasteiger partial charge in [-0.2, -0.15) is 0 Å². The Hall–Kier alpha value is -3.85. The van der Waals surface area contributed by atoms with Crippen molar-refractivity contribution in [3.05, 3.63) is 72.3 Å². The van der Waals surface area contributed by atoms with Crippen LogP contribution < -0.4 is 10.2 Å². The van der Waals surface area contributed by atoms with Crippen LogP contribution in [0, 0.1) is 5.82 Å². The zero-order chi connectivity index (χ0) is 21.2. The minimum absolute atomic E-state index is 0.350. The number of nitrogens with zero attached hydrogens (tertiary/aromatic N) is 5. The first-order chi connectivity index (χ1) is 15.2. The Morgan fingerprint density at radius 3 is 2.74 bits per heavy atom. The van der Waals surface area contributed by atoms with Crippen LogP contribution in [0.15, 0.2) is 60.9 Å². The van der Waals surface area contributed by atoms with Gasteiger partial charge in [0.15, 0.2) is 11.5 Å². The molecule has 1 N–H and O–H groups in total. The molecule has 1 aliphatic rings. The lowest BCUT2D eigenvalue weighted by atomic mass is 10.2. The van der Waals surface area contributed by atoms with Crippen LogP contribution in [0.3, 0.4) is 0 Å². The molecule has 1 fully saturated rings. The fourth-order valence-electron chi connectivity index (χ4n) is 3.49. The molecule has 0 unspecified atom stereocenters. The second-order valence-corrected chi connectivity index (χ2v) is 7.09. The standard InChI is InChI=1S/C22H19FN6O2/c23-16-5-3-4-15(12-16)18-14-29-21(25-18)17(22(30)26-19-6-1-2-7-24-19)13-20(27-29)28-8-10-31-11-9-28/h1-7,12-14H,8-11H2,(H,24,26,30). The van der Waals surface area contributed by atoms with E-state index in [0.29, 0.717) is 60.4 Å². The van der Waals surface area contributed by atoms with Gasteiger partial charge in [-0.3, -0.25) is 4.79 Å². The highest BCUT2D eigenvalue weighted by atomic mass is 19.1. The second-order valence-electron chi connectivity index (χ2n) is 7.09. The van der Waals surface area contributed by atoms with Crippen molar-refractivity contribution in [1.82, 2.24) is 19.6 Å². The molecule has 0 aliphatic carbocycles. The molecule has 31 heavy (non-hydrogen) atoms. The van der Waals surface area contributed by atoms with E-state index in [9.17, 15) is 9.18 Å². The summed E-state index contributed by atoms with van der Waals surface area (Å²) in [5, 5.41) is 7.46. The quantitative estimate of drug-likeness (QED) is 0.549. The maximum absolute atomic E-state index is 13.7. The van der Waals surface area contributed by atoms with Crippen molar-refractivity contribution in [1.29, 1.82) is 0 Å². The Bertz CT molecular complexity index is 1240. The molecule has 156 valence electrons. The summed E-state index contributed by atoms with van der Waals surface area (Å²) in [6, 6.07) is 13.2. The summed E-state index contributed by atoms with van der Waals surface area (Å²) < 4.78 is 20.7. The number of hydrogen-bond acceptors (Lipinski definition) is 6. The molecule has 3 aromatic heterocycles. The summed E-state index contributed by atoms with van der Waals surface area (Å²) >= 11 is 0. The average molecular weight is 418 g/mol. The van der Waals surface area contributed by atoms with Gasteiger partial charge in [0.05, 0.1) is 30.7 Å². The van der Waals surface area contributed by atoms with Crippen molar-refractivity contribution in [2.75, 3.05) is 36.5 Å². The topological polar surface area (TPSA) is 84.7 Å². The van der Waals surface area contributed by atoms with Gasteiger partial charge in [-0.25, -0.2) is 18.9 Å². The summed E-state index contributed by atoms with van der Waals surface area (Å²) in [6.07, 6.45) is 3.31. The van der Waals surface area contributed by atoms with Gasteiger partial charge in [0, 0.05) is 24.8 Å². The van der Waals surface area contributed by atoms with Gasteiger partial charge in [0.2, 0.25) is 0 Å². The number of amides is 1. The van der Waals surface area contributed by atoms with E-state index in [4.69, 9.17) is 4.74 Å². The van der Waals surface area contributed by atoms with E-state index >= 15 is 0 Å². The molecule has 0 bridgehead atoms. The van der Waals surface area contributed by atoms with Crippen LogP contribution in [0.5, 0.6) is 0 Å². The smallest absolute Gasteiger partial charge is 0.260 e.